The smallest absolute Gasteiger partial charge is 0.256 e. The van der Waals surface area contributed by atoms with Crippen molar-refractivity contribution >= 4 is 50.1 Å². The fourth-order valence-electron chi connectivity index (χ4n) is 1.76. The molecule has 1 amide bonds. The first-order valence-corrected chi connectivity index (χ1v) is 7.67. The van der Waals surface area contributed by atoms with Gasteiger partial charge in [0.05, 0.1) is 16.9 Å². The Morgan fingerprint density at radius 3 is 2.95 bits per heavy atom. The van der Waals surface area contributed by atoms with Crippen LogP contribution in [0.2, 0.25) is 0 Å². The second kappa shape index (κ2) is 6.04. The minimum atomic E-state index is -0.131. The Labute approximate surface area is 133 Å². The number of hydrogen-bond acceptors (Lipinski definition) is 2. The predicted molar refractivity (Wildman–Crippen MR) is 87.4 cm³/mol. The minimum absolute atomic E-state index is 0.131. The molecule has 1 heterocycles. The van der Waals surface area contributed by atoms with E-state index in [1.807, 2.05) is 38.4 Å². The molecule has 2 rings (SSSR count). The second-order valence-electron chi connectivity index (χ2n) is 4.09. The van der Waals surface area contributed by atoms with Gasteiger partial charge in [-0.1, -0.05) is 6.92 Å². The average molecular weight is 434 g/mol. The minimum Gasteiger partial charge on any atom is -0.319 e. The van der Waals surface area contributed by atoms with Gasteiger partial charge in [-0.05, 0) is 63.1 Å². The van der Waals surface area contributed by atoms with E-state index in [1.165, 1.54) is 0 Å². The summed E-state index contributed by atoms with van der Waals surface area (Å²) in [5.74, 6) is -0.131. The van der Waals surface area contributed by atoms with Gasteiger partial charge in [-0.25, -0.2) is 0 Å². The molecule has 100 valence electrons. The van der Waals surface area contributed by atoms with E-state index in [-0.39, 0.29) is 5.91 Å². The van der Waals surface area contributed by atoms with Gasteiger partial charge in [0.2, 0.25) is 0 Å². The number of halogens is 2. The number of hydrogen-bond donors (Lipinski definition) is 1. The van der Waals surface area contributed by atoms with Gasteiger partial charge in [0.15, 0.2) is 0 Å². The maximum atomic E-state index is 12.3. The van der Waals surface area contributed by atoms with Crippen LogP contribution >= 0.6 is 38.5 Å². The molecule has 0 unspecified atom stereocenters. The summed E-state index contributed by atoms with van der Waals surface area (Å²) in [6.07, 6.45) is 2.60. The molecule has 0 saturated carbocycles. The highest BCUT2D eigenvalue weighted by molar-refractivity contribution is 14.1. The lowest BCUT2D eigenvalue weighted by atomic mass is 10.2. The number of aromatic nitrogens is 2. The van der Waals surface area contributed by atoms with E-state index in [0.29, 0.717) is 5.56 Å². The fourth-order valence-corrected chi connectivity index (χ4v) is 2.68. The Morgan fingerprint density at radius 2 is 2.26 bits per heavy atom. The number of nitrogens with zero attached hydrogens (tertiary/aromatic N) is 2. The summed E-state index contributed by atoms with van der Waals surface area (Å²) in [7, 11) is 1.84. The zero-order chi connectivity index (χ0) is 14.0. The zero-order valence-electron chi connectivity index (χ0n) is 10.6. The summed E-state index contributed by atoms with van der Waals surface area (Å²) in [4.78, 5) is 12.3. The number of carbonyl (C=O) groups is 1. The fraction of sp³-hybridized carbons (Fsp3) is 0.231. The van der Waals surface area contributed by atoms with Crippen molar-refractivity contribution in [3.05, 3.63) is 43.7 Å². The Kier molecular flexibility index (Phi) is 4.62. The first kappa shape index (κ1) is 14.5. The quantitative estimate of drug-likeness (QED) is 0.751. The van der Waals surface area contributed by atoms with Gasteiger partial charge < -0.3 is 5.32 Å². The molecule has 0 aliphatic carbocycles. The second-order valence-corrected chi connectivity index (χ2v) is 6.19. The van der Waals surface area contributed by atoms with Crippen LogP contribution in [0.5, 0.6) is 0 Å². The van der Waals surface area contributed by atoms with Gasteiger partial charge in [-0.2, -0.15) is 5.10 Å². The van der Waals surface area contributed by atoms with Crippen molar-refractivity contribution < 1.29 is 4.79 Å². The number of nitrogens with one attached hydrogen (secondary N) is 1. The summed E-state index contributed by atoms with van der Waals surface area (Å²) in [6.45, 7) is 2.01. The Balaban J connectivity index is 2.27. The third-order valence-electron chi connectivity index (χ3n) is 2.66. The molecule has 1 N–H and O–H groups in total. The van der Waals surface area contributed by atoms with E-state index in [0.717, 1.165) is 25.8 Å². The van der Waals surface area contributed by atoms with Crippen LogP contribution < -0.4 is 5.32 Å². The van der Waals surface area contributed by atoms with Gasteiger partial charge in [0.1, 0.15) is 0 Å². The number of benzene rings is 1. The van der Waals surface area contributed by atoms with E-state index in [1.54, 1.807) is 4.68 Å². The molecular formula is C13H13BrIN3O. The number of carbonyl (C=O) groups excluding carboxylic acids is 1. The Morgan fingerprint density at radius 1 is 1.53 bits per heavy atom. The van der Waals surface area contributed by atoms with Gasteiger partial charge in [-0.3, -0.25) is 9.48 Å². The Hall–Kier alpha value is -0.890. The van der Waals surface area contributed by atoms with Crippen molar-refractivity contribution in [3.63, 3.8) is 0 Å². The van der Waals surface area contributed by atoms with Gasteiger partial charge >= 0.3 is 0 Å². The lowest BCUT2D eigenvalue weighted by molar-refractivity contribution is 0.102. The highest BCUT2D eigenvalue weighted by Gasteiger charge is 2.14. The molecule has 19 heavy (non-hydrogen) atoms. The van der Waals surface area contributed by atoms with Gasteiger partial charge in [0.25, 0.3) is 5.91 Å². The summed E-state index contributed by atoms with van der Waals surface area (Å²) in [5, 5.41) is 7.22. The van der Waals surface area contributed by atoms with Crippen molar-refractivity contribution in [2.24, 2.45) is 7.05 Å². The third kappa shape index (κ3) is 3.36. The van der Waals surface area contributed by atoms with Gasteiger partial charge in [-0.15, -0.1) is 0 Å². The van der Waals surface area contributed by atoms with Crippen LogP contribution in [0, 0.1) is 3.57 Å². The molecular weight excluding hydrogens is 421 g/mol. The molecule has 0 atom stereocenters. The highest BCUT2D eigenvalue weighted by Crippen LogP contribution is 2.22. The molecule has 0 aliphatic rings. The van der Waals surface area contributed by atoms with E-state index in [9.17, 15) is 4.79 Å². The van der Waals surface area contributed by atoms with Crippen LogP contribution in [0.3, 0.4) is 0 Å². The third-order valence-corrected chi connectivity index (χ3v) is 4.02. The summed E-state index contributed by atoms with van der Waals surface area (Å²) >= 11 is 5.59. The first-order valence-electron chi connectivity index (χ1n) is 5.80. The normalized spacial score (nSPS) is 10.5. The molecule has 0 saturated heterocycles. The molecule has 0 spiro atoms. The largest absolute Gasteiger partial charge is 0.319 e. The van der Waals surface area contributed by atoms with Crippen LogP contribution in [0.25, 0.3) is 0 Å². The predicted octanol–water partition coefficient (Wildman–Crippen LogP) is 3.60. The van der Waals surface area contributed by atoms with Crippen molar-refractivity contribution in [1.29, 1.82) is 0 Å². The van der Waals surface area contributed by atoms with E-state index in [4.69, 9.17) is 0 Å². The van der Waals surface area contributed by atoms with Crippen LogP contribution in [-0.2, 0) is 13.5 Å². The van der Waals surface area contributed by atoms with Gasteiger partial charge in [0, 0.05) is 21.3 Å². The summed E-state index contributed by atoms with van der Waals surface area (Å²) in [6, 6.07) is 5.67. The number of amides is 1. The maximum absolute atomic E-state index is 12.3. The topological polar surface area (TPSA) is 46.9 Å². The van der Waals surface area contributed by atoms with Crippen LogP contribution in [0.1, 0.15) is 23.0 Å². The first-order chi connectivity index (χ1) is 9.01. The van der Waals surface area contributed by atoms with Crippen molar-refractivity contribution in [3.8, 4) is 0 Å². The Bertz CT molecular complexity index is 624. The van der Waals surface area contributed by atoms with Crippen LogP contribution in [0.4, 0.5) is 5.69 Å². The molecule has 0 bridgehead atoms. The average Bonchev–Trinajstić information content (AvgIpc) is 2.72. The molecule has 2 aromatic rings. The summed E-state index contributed by atoms with van der Waals surface area (Å²) in [5.41, 5.74) is 2.27. The van der Waals surface area contributed by atoms with Crippen molar-refractivity contribution in [2.75, 3.05) is 5.32 Å². The van der Waals surface area contributed by atoms with Crippen LogP contribution in [0.15, 0.2) is 28.9 Å². The molecule has 6 heteroatoms. The van der Waals surface area contributed by atoms with E-state index >= 15 is 0 Å². The van der Waals surface area contributed by atoms with E-state index in [2.05, 4.69) is 48.9 Å². The van der Waals surface area contributed by atoms with E-state index < -0.39 is 0 Å². The van der Waals surface area contributed by atoms with Crippen molar-refractivity contribution in [2.45, 2.75) is 13.3 Å². The molecule has 0 aliphatic heterocycles. The maximum Gasteiger partial charge on any atom is 0.256 e. The SMILES string of the molecule is CCc1nn(C)cc1NC(=O)c1cc(I)ccc1Br. The molecule has 0 radical (unpaired) electrons. The zero-order valence-corrected chi connectivity index (χ0v) is 14.3. The molecule has 1 aromatic carbocycles. The molecule has 4 nitrogen and oxygen atoms in total. The van der Waals surface area contributed by atoms with Crippen LogP contribution in [-0.4, -0.2) is 15.7 Å². The van der Waals surface area contributed by atoms with Crippen molar-refractivity contribution in [1.82, 2.24) is 9.78 Å². The molecule has 0 fully saturated rings. The molecule has 1 aromatic heterocycles. The lowest BCUT2D eigenvalue weighted by Gasteiger charge is -2.06. The number of anilines is 1. The monoisotopic (exact) mass is 433 g/mol. The standard InChI is InChI=1S/C13H13BrIN3O/c1-3-11-12(7-18(2)17-11)16-13(19)9-6-8(15)4-5-10(9)14/h4-7H,3H2,1-2H3,(H,16,19). The summed E-state index contributed by atoms with van der Waals surface area (Å²) < 4.78 is 3.51. The number of rotatable bonds is 3. The lowest BCUT2D eigenvalue weighted by Crippen LogP contribution is -2.13. The number of aryl methyl sites for hydroxylation is 2. The highest BCUT2D eigenvalue weighted by atomic mass is 127.